The maximum absolute atomic E-state index is 12.1. The van der Waals surface area contributed by atoms with E-state index in [1.165, 1.54) is 6.20 Å². The number of benzene rings is 1. The van der Waals surface area contributed by atoms with Crippen molar-refractivity contribution in [1.29, 1.82) is 0 Å². The van der Waals surface area contributed by atoms with E-state index in [1.807, 2.05) is 6.07 Å². The zero-order chi connectivity index (χ0) is 18.8. The summed E-state index contributed by atoms with van der Waals surface area (Å²) in [6.07, 6.45) is 1.52. The summed E-state index contributed by atoms with van der Waals surface area (Å²) < 4.78 is 20.7. The zero-order valence-electron chi connectivity index (χ0n) is 15.1. The Bertz CT molecular complexity index is 706. The highest BCUT2D eigenvalue weighted by Gasteiger charge is 2.08. The Labute approximate surface area is 152 Å². The Morgan fingerprint density at radius 3 is 2.58 bits per heavy atom. The number of carbonyl (C=O) groups is 1. The Balaban J connectivity index is 1.87. The molecule has 0 saturated carbocycles. The highest BCUT2D eigenvalue weighted by atomic mass is 16.5. The molecule has 0 atom stereocenters. The first-order valence-electron chi connectivity index (χ1n) is 7.99. The van der Waals surface area contributed by atoms with Crippen molar-refractivity contribution >= 4 is 11.7 Å². The number of nitrogens with one attached hydrogen (secondary N) is 2. The van der Waals surface area contributed by atoms with Crippen LogP contribution in [0.25, 0.3) is 0 Å². The molecule has 0 aliphatic heterocycles. The van der Waals surface area contributed by atoms with Crippen LogP contribution in [0, 0.1) is 0 Å². The highest BCUT2D eigenvalue weighted by Crippen LogP contribution is 2.23. The standard InChI is InChI=1S/C18H23N3O5/c1-23-8-9-26-17-7-4-14(12-19-17)21-18(22)20-11-13-10-15(24-2)5-6-16(13)25-3/h4-7,10,12H,8-9,11H2,1-3H3,(H2,20,21,22). The second-order valence-electron chi connectivity index (χ2n) is 5.21. The number of hydrogen-bond acceptors (Lipinski definition) is 6. The van der Waals surface area contributed by atoms with Crippen LogP contribution in [0.1, 0.15) is 5.56 Å². The monoisotopic (exact) mass is 361 g/mol. The van der Waals surface area contributed by atoms with E-state index in [1.54, 1.807) is 45.6 Å². The lowest BCUT2D eigenvalue weighted by Gasteiger charge is -2.12. The number of ether oxygens (including phenoxy) is 4. The molecule has 1 aromatic heterocycles. The Morgan fingerprint density at radius 2 is 1.92 bits per heavy atom. The summed E-state index contributed by atoms with van der Waals surface area (Å²) in [6.45, 7) is 1.19. The van der Waals surface area contributed by atoms with Crippen molar-refractivity contribution in [2.45, 2.75) is 6.54 Å². The number of aromatic nitrogens is 1. The van der Waals surface area contributed by atoms with E-state index in [2.05, 4.69) is 15.6 Å². The molecule has 8 heteroatoms. The minimum absolute atomic E-state index is 0.290. The quantitative estimate of drug-likeness (QED) is 0.667. The van der Waals surface area contributed by atoms with Crippen LogP contribution < -0.4 is 24.8 Å². The molecule has 0 bridgehead atoms. The fourth-order valence-corrected chi connectivity index (χ4v) is 2.14. The largest absolute Gasteiger partial charge is 0.497 e. The van der Waals surface area contributed by atoms with Gasteiger partial charge in [0, 0.05) is 25.3 Å². The van der Waals surface area contributed by atoms with Crippen molar-refractivity contribution in [3.05, 3.63) is 42.1 Å². The molecule has 0 radical (unpaired) electrons. The lowest BCUT2D eigenvalue weighted by Crippen LogP contribution is -2.28. The Kier molecular flexibility index (Phi) is 7.50. The van der Waals surface area contributed by atoms with Gasteiger partial charge in [-0.25, -0.2) is 9.78 Å². The summed E-state index contributed by atoms with van der Waals surface area (Å²) in [4.78, 5) is 16.2. The number of pyridine rings is 1. The molecule has 26 heavy (non-hydrogen) atoms. The van der Waals surface area contributed by atoms with Gasteiger partial charge in [0.15, 0.2) is 0 Å². The third-order valence-corrected chi connectivity index (χ3v) is 3.46. The maximum atomic E-state index is 12.1. The van der Waals surface area contributed by atoms with Crippen LogP contribution in [0.5, 0.6) is 17.4 Å². The van der Waals surface area contributed by atoms with Gasteiger partial charge in [0.25, 0.3) is 0 Å². The number of rotatable bonds is 9. The van der Waals surface area contributed by atoms with Crippen LogP contribution >= 0.6 is 0 Å². The number of anilines is 1. The van der Waals surface area contributed by atoms with Crippen molar-refractivity contribution in [3.63, 3.8) is 0 Å². The van der Waals surface area contributed by atoms with E-state index in [-0.39, 0.29) is 12.6 Å². The van der Waals surface area contributed by atoms with Crippen LogP contribution in [0.15, 0.2) is 36.5 Å². The molecule has 0 spiro atoms. The molecule has 1 aromatic carbocycles. The third kappa shape index (κ3) is 5.82. The van der Waals surface area contributed by atoms with Gasteiger partial charge in [0.2, 0.25) is 5.88 Å². The van der Waals surface area contributed by atoms with Crippen LogP contribution in [0.2, 0.25) is 0 Å². The molecule has 0 unspecified atom stereocenters. The normalized spacial score (nSPS) is 10.1. The SMILES string of the molecule is COCCOc1ccc(NC(=O)NCc2cc(OC)ccc2OC)cn1. The summed E-state index contributed by atoms with van der Waals surface area (Å²) in [5, 5.41) is 5.48. The molecule has 2 aromatic rings. The first-order chi connectivity index (χ1) is 12.7. The van der Waals surface area contributed by atoms with E-state index >= 15 is 0 Å². The van der Waals surface area contributed by atoms with E-state index in [4.69, 9.17) is 18.9 Å². The second-order valence-corrected chi connectivity index (χ2v) is 5.21. The first-order valence-corrected chi connectivity index (χ1v) is 7.99. The van der Waals surface area contributed by atoms with Crippen molar-refractivity contribution in [2.75, 3.05) is 39.9 Å². The van der Waals surface area contributed by atoms with E-state index in [0.29, 0.717) is 36.3 Å². The van der Waals surface area contributed by atoms with E-state index in [0.717, 1.165) is 5.56 Å². The summed E-state index contributed by atoms with van der Waals surface area (Å²) in [5.41, 5.74) is 1.36. The number of nitrogens with zero attached hydrogens (tertiary/aromatic N) is 1. The van der Waals surface area contributed by atoms with Crippen molar-refractivity contribution in [1.82, 2.24) is 10.3 Å². The summed E-state index contributed by atoms with van der Waals surface area (Å²) >= 11 is 0. The van der Waals surface area contributed by atoms with Gasteiger partial charge in [-0.15, -0.1) is 0 Å². The topological polar surface area (TPSA) is 90.9 Å². The predicted octanol–water partition coefficient (Wildman–Crippen LogP) is 2.45. The summed E-state index contributed by atoms with van der Waals surface area (Å²) in [6, 6.07) is 8.43. The van der Waals surface area contributed by atoms with Gasteiger partial charge >= 0.3 is 6.03 Å². The Hall–Kier alpha value is -3.00. The summed E-state index contributed by atoms with van der Waals surface area (Å²) in [5.74, 6) is 1.83. The van der Waals surface area contributed by atoms with Gasteiger partial charge in [-0.1, -0.05) is 0 Å². The lowest BCUT2D eigenvalue weighted by atomic mass is 10.2. The zero-order valence-corrected chi connectivity index (χ0v) is 15.1. The molecule has 0 saturated heterocycles. The van der Waals surface area contributed by atoms with Gasteiger partial charge in [0.05, 0.1) is 32.7 Å². The van der Waals surface area contributed by atoms with Crippen molar-refractivity contribution < 1.29 is 23.7 Å². The van der Waals surface area contributed by atoms with E-state index in [9.17, 15) is 4.79 Å². The number of amides is 2. The molecule has 0 fully saturated rings. The smallest absolute Gasteiger partial charge is 0.319 e. The average molecular weight is 361 g/mol. The highest BCUT2D eigenvalue weighted by molar-refractivity contribution is 5.89. The third-order valence-electron chi connectivity index (χ3n) is 3.46. The van der Waals surface area contributed by atoms with Crippen LogP contribution in [-0.2, 0) is 11.3 Å². The predicted molar refractivity (Wildman–Crippen MR) is 97.0 cm³/mol. The number of carbonyl (C=O) groups excluding carboxylic acids is 1. The summed E-state index contributed by atoms with van der Waals surface area (Å²) in [7, 11) is 4.76. The molecular weight excluding hydrogens is 338 g/mol. The van der Waals surface area contributed by atoms with Crippen molar-refractivity contribution in [3.8, 4) is 17.4 Å². The molecule has 8 nitrogen and oxygen atoms in total. The first kappa shape index (κ1) is 19.3. The molecular formula is C18H23N3O5. The van der Waals surface area contributed by atoms with Gasteiger partial charge in [0.1, 0.15) is 18.1 Å². The second kappa shape index (κ2) is 10.1. The minimum Gasteiger partial charge on any atom is -0.497 e. The molecule has 140 valence electrons. The minimum atomic E-state index is -0.357. The fourth-order valence-electron chi connectivity index (χ4n) is 2.14. The van der Waals surface area contributed by atoms with E-state index < -0.39 is 0 Å². The maximum Gasteiger partial charge on any atom is 0.319 e. The lowest BCUT2D eigenvalue weighted by molar-refractivity contribution is 0.144. The molecule has 0 aliphatic carbocycles. The number of methoxy groups -OCH3 is 3. The number of hydrogen-bond donors (Lipinski definition) is 2. The fraction of sp³-hybridized carbons (Fsp3) is 0.333. The van der Waals surface area contributed by atoms with Gasteiger partial charge in [-0.05, 0) is 24.3 Å². The van der Waals surface area contributed by atoms with Gasteiger partial charge < -0.3 is 29.6 Å². The molecule has 1 heterocycles. The van der Waals surface area contributed by atoms with Gasteiger partial charge in [-0.3, -0.25) is 0 Å². The average Bonchev–Trinajstić information content (AvgIpc) is 2.67. The molecule has 2 rings (SSSR count). The van der Waals surface area contributed by atoms with Crippen molar-refractivity contribution in [2.24, 2.45) is 0 Å². The molecule has 2 amide bonds. The Morgan fingerprint density at radius 1 is 1.08 bits per heavy atom. The number of urea groups is 1. The van der Waals surface area contributed by atoms with Crippen LogP contribution in [0.4, 0.5) is 10.5 Å². The molecule has 0 aliphatic rings. The van der Waals surface area contributed by atoms with Crippen LogP contribution in [0.3, 0.4) is 0 Å². The van der Waals surface area contributed by atoms with Crippen LogP contribution in [-0.4, -0.2) is 45.6 Å². The van der Waals surface area contributed by atoms with Gasteiger partial charge in [-0.2, -0.15) is 0 Å². The molecule has 2 N–H and O–H groups in total.